The highest BCUT2D eigenvalue weighted by Gasteiger charge is 2.15. The first-order valence-corrected chi connectivity index (χ1v) is 8.81. The number of benzene rings is 1. The Kier molecular flexibility index (Phi) is 2.79. The van der Waals surface area contributed by atoms with Gasteiger partial charge < -0.3 is 4.57 Å². The monoisotopic (exact) mass is 329 g/mol. The minimum Gasteiger partial charge on any atom is -0.316 e. The van der Waals surface area contributed by atoms with Crippen LogP contribution in [0.4, 0.5) is 0 Å². The molecule has 4 aromatic heterocycles. The lowest BCUT2D eigenvalue weighted by Crippen LogP contribution is -2.02. The average molecular weight is 329 g/mol. The van der Waals surface area contributed by atoms with Gasteiger partial charge >= 0.3 is 0 Å². The zero-order chi connectivity index (χ0) is 16.3. The van der Waals surface area contributed by atoms with E-state index in [9.17, 15) is 0 Å². The molecule has 4 heterocycles. The van der Waals surface area contributed by atoms with Gasteiger partial charge in [0.1, 0.15) is 0 Å². The fourth-order valence-corrected chi connectivity index (χ4v) is 4.24. The summed E-state index contributed by atoms with van der Waals surface area (Å²) in [6.07, 6.45) is 1.85. The molecule has 0 amide bonds. The smallest absolute Gasteiger partial charge is 0.0958 e. The molecule has 0 aliphatic carbocycles. The molecule has 3 nitrogen and oxygen atoms in total. The van der Waals surface area contributed by atoms with Crippen LogP contribution in [0.2, 0.25) is 0 Å². The molecule has 0 aliphatic heterocycles. The minimum atomic E-state index is 1.00. The highest BCUT2D eigenvalue weighted by molar-refractivity contribution is 7.17. The summed E-state index contributed by atoms with van der Waals surface area (Å²) in [7, 11) is 0. The summed E-state index contributed by atoms with van der Waals surface area (Å²) in [5.74, 6) is 0. The van der Waals surface area contributed by atoms with Crippen LogP contribution in [0.15, 0.2) is 54.0 Å². The molecular weight excluding hydrogens is 314 g/mol. The van der Waals surface area contributed by atoms with E-state index in [0.29, 0.717) is 0 Å². The molecule has 0 aliphatic rings. The molecule has 0 radical (unpaired) electrons. The molecule has 24 heavy (non-hydrogen) atoms. The van der Waals surface area contributed by atoms with Gasteiger partial charge in [-0.3, -0.25) is 4.98 Å². The summed E-state index contributed by atoms with van der Waals surface area (Å²) < 4.78 is 3.50. The van der Waals surface area contributed by atoms with Crippen LogP contribution in [-0.2, 0) is 0 Å². The molecule has 0 saturated heterocycles. The van der Waals surface area contributed by atoms with Gasteiger partial charge in [0.2, 0.25) is 0 Å². The van der Waals surface area contributed by atoms with Gasteiger partial charge in [-0.2, -0.15) is 0 Å². The Hall–Kier alpha value is -2.72. The maximum atomic E-state index is 4.99. The van der Waals surface area contributed by atoms with Crippen molar-refractivity contribution in [2.75, 3.05) is 0 Å². The lowest BCUT2D eigenvalue weighted by molar-refractivity contribution is 0.979. The highest BCUT2D eigenvalue weighted by Crippen LogP contribution is 2.34. The molecule has 4 heteroatoms. The minimum absolute atomic E-state index is 1.00. The first kappa shape index (κ1) is 13.7. The molecular formula is C20H15N3S. The molecule has 116 valence electrons. The van der Waals surface area contributed by atoms with Crippen LogP contribution in [0.25, 0.3) is 37.7 Å². The van der Waals surface area contributed by atoms with Crippen LogP contribution in [-0.4, -0.2) is 14.5 Å². The lowest BCUT2D eigenvalue weighted by atomic mass is 10.1. The normalized spacial score (nSPS) is 11.8. The summed E-state index contributed by atoms with van der Waals surface area (Å²) >= 11 is 1.73. The molecule has 0 bridgehead atoms. The molecule has 1 aromatic carbocycles. The number of rotatable bonds is 1. The SMILES string of the molecule is Cc1ccc(C)n1-c1c2cccnc2cc2cc3sccc3nc12. The fourth-order valence-electron chi connectivity index (χ4n) is 3.46. The zero-order valence-corrected chi connectivity index (χ0v) is 14.3. The van der Waals surface area contributed by atoms with Crippen LogP contribution in [0.1, 0.15) is 11.4 Å². The third-order valence-electron chi connectivity index (χ3n) is 4.57. The Morgan fingerprint density at radius 3 is 2.62 bits per heavy atom. The van der Waals surface area contributed by atoms with E-state index < -0.39 is 0 Å². The Morgan fingerprint density at radius 2 is 1.79 bits per heavy atom. The van der Waals surface area contributed by atoms with E-state index in [1.165, 1.54) is 16.1 Å². The van der Waals surface area contributed by atoms with E-state index in [4.69, 9.17) is 4.98 Å². The van der Waals surface area contributed by atoms with Gasteiger partial charge in [-0.15, -0.1) is 11.3 Å². The summed E-state index contributed by atoms with van der Waals surface area (Å²) in [5.41, 5.74) is 6.63. The van der Waals surface area contributed by atoms with Crippen molar-refractivity contribution in [2.45, 2.75) is 13.8 Å². The van der Waals surface area contributed by atoms with Crippen LogP contribution < -0.4 is 0 Å². The number of thiophene rings is 1. The first-order chi connectivity index (χ1) is 11.7. The van der Waals surface area contributed by atoms with Crippen molar-refractivity contribution in [1.29, 1.82) is 0 Å². The third kappa shape index (κ3) is 1.83. The lowest BCUT2D eigenvalue weighted by Gasteiger charge is -2.15. The summed E-state index contributed by atoms with van der Waals surface area (Å²) in [6, 6.07) is 14.9. The van der Waals surface area contributed by atoms with E-state index >= 15 is 0 Å². The van der Waals surface area contributed by atoms with Crippen LogP contribution in [0, 0.1) is 13.8 Å². The Morgan fingerprint density at radius 1 is 0.958 bits per heavy atom. The Labute approximate surface area is 143 Å². The van der Waals surface area contributed by atoms with Crippen LogP contribution in [0.5, 0.6) is 0 Å². The Balaban J connectivity index is 2.06. The second kappa shape index (κ2) is 4.89. The fraction of sp³-hybridized carbons (Fsp3) is 0.100. The maximum Gasteiger partial charge on any atom is 0.0958 e. The maximum absolute atomic E-state index is 4.99. The van der Waals surface area contributed by atoms with Gasteiger partial charge in [0.25, 0.3) is 0 Å². The van der Waals surface area contributed by atoms with Crippen molar-refractivity contribution >= 4 is 43.4 Å². The van der Waals surface area contributed by atoms with E-state index in [1.54, 1.807) is 11.3 Å². The van der Waals surface area contributed by atoms with Gasteiger partial charge in [0, 0.05) is 28.4 Å². The summed E-state index contributed by atoms with van der Waals surface area (Å²) in [5, 5.41) is 4.37. The number of hydrogen-bond donors (Lipinski definition) is 0. The van der Waals surface area contributed by atoms with E-state index in [2.05, 4.69) is 65.2 Å². The standard InChI is InChI=1S/C20H15N3S/c1-12-5-6-13(2)23(12)20-15-4-3-8-21-17(15)10-14-11-18-16(7-9-24-18)22-19(14)20/h3-11H,1-2H3. The summed E-state index contributed by atoms with van der Waals surface area (Å²) in [4.78, 5) is 9.58. The Bertz CT molecular complexity index is 1210. The molecule has 5 rings (SSSR count). The topological polar surface area (TPSA) is 30.7 Å². The molecule has 0 spiro atoms. The molecule has 0 N–H and O–H groups in total. The van der Waals surface area contributed by atoms with Crippen molar-refractivity contribution in [3.8, 4) is 5.69 Å². The number of aryl methyl sites for hydroxylation is 2. The second-order valence-electron chi connectivity index (χ2n) is 6.11. The molecule has 0 saturated carbocycles. The van der Waals surface area contributed by atoms with Gasteiger partial charge in [-0.1, -0.05) is 0 Å². The predicted molar refractivity (Wildman–Crippen MR) is 101 cm³/mol. The van der Waals surface area contributed by atoms with Gasteiger partial charge in [-0.25, -0.2) is 4.98 Å². The van der Waals surface area contributed by atoms with E-state index in [0.717, 1.165) is 33.0 Å². The first-order valence-electron chi connectivity index (χ1n) is 7.93. The van der Waals surface area contributed by atoms with E-state index in [-0.39, 0.29) is 0 Å². The number of pyridine rings is 2. The predicted octanol–water partition coefficient (Wildman–Crippen LogP) is 5.41. The van der Waals surface area contributed by atoms with Gasteiger partial charge in [0.15, 0.2) is 0 Å². The highest BCUT2D eigenvalue weighted by atomic mass is 32.1. The van der Waals surface area contributed by atoms with Crippen molar-refractivity contribution in [2.24, 2.45) is 0 Å². The largest absolute Gasteiger partial charge is 0.316 e. The van der Waals surface area contributed by atoms with Gasteiger partial charge in [-0.05, 0) is 61.7 Å². The molecule has 5 aromatic rings. The quantitative estimate of drug-likeness (QED) is 0.385. The molecule has 0 unspecified atom stereocenters. The zero-order valence-electron chi connectivity index (χ0n) is 13.4. The van der Waals surface area contributed by atoms with Crippen molar-refractivity contribution in [3.63, 3.8) is 0 Å². The average Bonchev–Trinajstić information content (AvgIpc) is 3.17. The number of aromatic nitrogens is 3. The van der Waals surface area contributed by atoms with Gasteiger partial charge in [0.05, 0.1) is 26.9 Å². The van der Waals surface area contributed by atoms with Crippen molar-refractivity contribution < 1.29 is 0 Å². The van der Waals surface area contributed by atoms with Crippen molar-refractivity contribution in [3.05, 3.63) is 65.4 Å². The van der Waals surface area contributed by atoms with E-state index in [1.807, 2.05) is 12.3 Å². The van der Waals surface area contributed by atoms with Crippen LogP contribution >= 0.6 is 11.3 Å². The number of hydrogen-bond acceptors (Lipinski definition) is 3. The third-order valence-corrected chi connectivity index (χ3v) is 5.42. The molecule has 0 atom stereocenters. The second-order valence-corrected chi connectivity index (χ2v) is 7.06. The van der Waals surface area contributed by atoms with Crippen molar-refractivity contribution in [1.82, 2.24) is 14.5 Å². The summed E-state index contributed by atoms with van der Waals surface area (Å²) in [6.45, 7) is 4.27. The van der Waals surface area contributed by atoms with Crippen LogP contribution in [0.3, 0.4) is 0 Å². The molecule has 0 fully saturated rings. The number of fused-ring (bicyclic) bond motifs is 3. The number of nitrogens with zero attached hydrogens (tertiary/aromatic N) is 3.